The van der Waals surface area contributed by atoms with Crippen molar-refractivity contribution in [1.29, 1.82) is 0 Å². The van der Waals surface area contributed by atoms with E-state index in [1.807, 2.05) is 6.07 Å². The Labute approximate surface area is 104 Å². The summed E-state index contributed by atoms with van der Waals surface area (Å²) in [6, 6.07) is 10.4. The van der Waals surface area contributed by atoms with Crippen molar-refractivity contribution in [2.45, 2.75) is 26.2 Å². The Morgan fingerprint density at radius 3 is 2.35 bits per heavy atom. The lowest BCUT2D eigenvalue weighted by Gasteiger charge is -2.39. The van der Waals surface area contributed by atoms with Crippen LogP contribution in [0.3, 0.4) is 0 Å². The zero-order chi connectivity index (χ0) is 12.3. The first-order valence-electron chi connectivity index (χ1n) is 6.36. The fourth-order valence-electron chi connectivity index (χ4n) is 2.69. The predicted octanol–water partition coefficient (Wildman–Crippen LogP) is 2.53. The predicted molar refractivity (Wildman–Crippen MR) is 70.0 cm³/mol. The van der Waals surface area contributed by atoms with E-state index in [0.29, 0.717) is 5.78 Å². The number of piperidine rings is 1. The van der Waals surface area contributed by atoms with Gasteiger partial charge in [-0.2, -0.15) is 0 Å². The molecule has 1 heterocycles. The Morgan fingerprint density at radius 2 is 1.82 bits per heavy atom. The number of nitrogens with zero attached hydrogens (tertiary/aromatic N) is 1. The number of rotatable bonds is 3. The van der Waals surface area contributed by atoms with Gasteiger partial charge in [0.15, 0.2) is 0 Å². The van der Waals surface area contributed by atoms with Gasteiger partial charge in [-0.05, 0) is 51.9 Å². The summed E-state index contributed by atoms with van der Waals surface area (Å²) >= 11 is 0. The zero-order valence-corrected chi connectivity index (χ0v) is 10.8. The van der Waals surface area contributed by atoms with Crippen LogP contribution in [0.25, 0.3) is 0 Å². The van der Waals surface area contributed by atoms with Gasteiger partial charge < -0.3 is 4.90 Å². The van der Waals surface area contributed by atoms with Crippen molar-refractivity contribution in [2.75, 3.05) is 20.1 Å². The van der Waals surface area contributed by atoms with Crippen molar-refractivity contribution < 1.29 is 4.79 Å². The van der Waals surface area contributed by atoms with Gasteiger partial charge in [0.2, 0.25) is 0 Å². The van der Waals surface area contributed by atoms with Gasteiger partial charge in [0.25, 0.3) is 0 Å². The molecule has 2 nitrogen and oxygen atoms in total. The van der Waals surface area contributed by atoms with E-state index in [0.717, 1.165) is 32.4 Å². The molecular formula is C15H21NO. The van der Waals surface area contributed by atoms with E-state index in [-0.39, 0.29) is 5.41 Å². The van der Waals surface area contributed by atoms with E-state index in [1.54, 1.807) is 6.92 Å². The monoisotopic (exact) mass is 231 g/mol. The largest absolute Gasteiger partial charge is 0.306 e. The van der Waals surface area contributed by atoms with Gasteiger partial charge in [-0.25, -0.2) is 0 Å². The number of carbonyl (C=O) groups excluding carboxylic acids is 1. The fourth-order valence-corrected chi connectivity index (χ4v) is 2.69. The van der Waals surface area contributed by atoms with Crippen LogP contribution in [0.5, 0.6) is 0 Å². The highest BCUT2D eigenvalue weighted by atomic mass is 16.1. The number of ketones is 1. The number of carbonyl (C=O) groups is 1. The minimum atomic E-state index is -0.117. The minimum Gasteiger partial charge on any atom is -0.306 e. The van der Waals surface area contributed by atoms with Crippen molar-refractivity contribution >= 4 is 5.78 Å². The molecule has 1 aliphatic heterocycles. The van der Waals surface area contributed by atoms with Crippen LogP contribution in [0.1, 0.15) is 25.3 Å². The Balaban J connectivity index is 2.15. The molecule has 0 aliphatic carbocycles. The standard InChI is InChI=1S/C15H21NO/c1-13(17)15(8-10-16(2)11-9-15)12-14-6-4-3-5-7-14/h3-7H,8-12H2,1-2H3. The van der Waals surface area contributed by atoms with Gasteiger partial charge in [-0.3, -0.25) is 4.79 Å². The Morgan fingerprint density at radius 1 is 1.24 bits per heavy atom. The van der Waals surface area contributed by atoms with Crippen LogP contribution >= 0.6 is 0 Å². The average molecular weight is 231 g/mol. The van der Waals surface area contributed by atoms with Gasteiger partial charge in [0.1, 0.15) is 5.78 Å². The van der Waals surface area contributed by atoms with Crippen LogP contribution < -0.4 is 0 Å². The quantitative estimate of drug-likeness (QED) is 0.796. The Kier molecular flexibility index (Phi) is 3.63. The summed E-state index contributed by atoms with van der Waals surface area (Å²) in [6.45, 7) is 3.83. The number of likely N-dealkylation sites (tertiary alicyclic amines) is 1. The van der Waals surface area contributed by atoms with E-state index in [4.69, 9.17) is 0 Å². The molecule has 0 aromatic heterocycles. The first-order chi connectivity index (χ1) is 8.12. The number of benzene rings is 1. The molecule has 92 valence electrons. The number of hydrogen-bond acceptors (Lipinski definition) is 2. The van der Waals surface area contributed by atoms with Gasteiger partial charge in [0.05, 0.1) is 0 Å². The SMILES string of the molecule is CC(=O)C1(Cc2ccccc2)CCN(C)CC1. The van der Waals surface area contributed by atoms with E-state index in [9.17, 15) is 4.79 Å². The average Bonchev–Trinajstić information content (AvgIpc) is 2.33. The maximum absolute atomic E-state index is 12.0. The molecule has 0 spiro atoms. The zero-order valence-electron chi connectivity index (χ0n) is 10.8. The third kappa shape index (κ3) is 2.75. The van der Waals surface area contributed by atoms with Gasteiger partial charge in [-0.15, -0.1) is 0 Å². The highest BCUT2D eigenvalue weighted by molar-refractivity contribution is 5.82. The third-order valence-corrected chi connectivity index (χ3v) is 4.08. The van der Waals surface area contributed by atoms with E-state index in [1.165, 1.54) is 5.56 Å². The maximum Gasteiger partial charge on any atom is 0.136 e. The molecule has 0 bridgehead atoms. The molecule has 1 aromatic rings. The van der Waals surface area contributed by atoms with Crippen molar-refractivity contribution in [3.8, 4) is 0 Å². The van der Waals surface area contributed by atoms with Gasteiger partial charge >= 0.3 is 0 Å². The summed E-state index contributed by atoms with van der Waals surface area (Å²) < 4.78 is 0. The second-order valence-corrected chi connectivity index (χ2v) is 5.30. The van der Waals surface area contributed by atoms with Crippen molar-refractivity contribution in [1.82, 2.24) is 4.90 Å². The molecule has 1 fully saturated rings. The van der Waals surface area contributed by atoms with Gasteiger partial charge in [-0.1, -0.05) is 30.3 Å². The molecule has 2 rings (SSSR count). The highest BCUT2D eigenvalue weighted by Crippen LogP contribution is 2.35. The molecule has 1 aromatic carbocycles. The van der Waals surface area contributed by atoms with Gasteiger partial charge in [0, 0.05) is 5.41 Å². The Bertz CT molecular complexity index is 377. The molecule has 1 saturated heterocycles. The molecule has 0 amide bonds. The van der Waals surface area contributed by atoms with Crippen LogP contribution in [-0.4, -0.2) is 30.8 Å². The first-order valence-corrected chi connectivity index (χ1v) is 6.36. The first kappa shape index (κ1) is 12.3. The molecular weight excluding hydrogens is 210 g/mol. The molecule has 1 aliphatic rings. The molecule has 0 N–H and O–H groups in total. The fraction of sp³-hybridized carbons (Fsp3) is 0.533. The lowest BCUT2D eigenvalue weighted by molar-refractivity contribution is -0.129. The summed E-state index contributed by atoms with van der Waals surface area (Å²) in [7, 11) is 2.13. The summed E-state index contributed by atoms with van der Waals surface area (Å²) in [5.74, 6) is 0.356. The van der Waals surface area contributed by atoms with Crippen LogP contribution in [0.15, 0.2) is 30.3 Å². The summed E-state index contributed by atoms with van der Waals surface area (Å²) in [6.07, 6.45) is 2.89. The summed E-state index contributed by atoms with van der Waals surface area (Å²) in [5.41, 5.74) is 1.17. The molecule has 2 heteroatoms. The van der Waals surface area contributed by atoms with Crippen LogP contribution in [-0.2, 0) is 11.2 Å². The third-order valence-electron chi connectivity index (χ3n) is 4.08. The van der Waals surface area contributed by atoms with Crippen molar-refractivity contribution in [2.24, 2.45) is 5.41 Å². The lowest BCUT2D eigenvalue weighted by Crippen LogP contribution is -2.43. The molecule has 17 heavy (non-hydrogen) atoms. The topological polar surface area (TPSA) is 20.3 Å². The van der Waals surface area contributed by atoms with E-state index < -0.39 is 0 Å². The van der Waals surface area contributed by atoms with E-state index >= 15 is 0 Å². The number of Topliss-reactive ketones (excluding diaryl/α,β-unsaturated/α-hetero) is 1. The van der Waals surface area contributed by atoms with Crippen LogP contribution in [0.2, 0.25) is 0 Å². The highest BCUT2D eigenvalue weighted by Gasteiger charge is 2.37. The molecule has 0 saturated carbocycles. The smallest absolute Gasteiger partial charge is 0.136 e. The van der Waals surface area contributed by atoms with Crippen molar-refractivity contribution in [3.05, 3.63) is 35.9 Å². The second kappa shape index (κ2) is 5.01. The minimum absolute atomic E-state index is 0.117. The van der Waals surface area contributed by atoms with E-state index in [2.05, 4.69) is 36.2 Å². The summed E-state index contributed by atoms with van der Waals surface area (Å²) in [4.78, 5) is 14.3. The lowest BCUT2D eigenvalue weighted by atomic mass is 9.71. The van der Waals surface area contributed by atoms with Crippen LogP contribution in [0.4, 0.5) is 0 Å². The normalized spacial score (nSPS) is 20.1. The maximum atomic E-state index is 12.0. The Hall–Kier alpha value is -1.15. The molecule has 0 atom stereocenters. The van der Waals surface area contributed by atoms with Crippen molar-refractivity contribution in [3.63, 3.8) is 0 Å². The molecule has 0 radical (unpaired) electrons. The number of hydrogen-bond donors (Lipinski definition) is 0. The second-order valence-electron chi connectivity index (χ2n) is 5.30. The van der Waals surface area contributed by atoms with Crippen LogP contribution in [0, 0.1) is 5.41 Å². The summed E-state index contributed by atoms with van der Waals surface area (Å²) in [5, 5.41) is 0. The molecule has 0 unspecified atom stereocenters.